The third kappa shape index (κ3) is 2.81. The average molecular weight is 366 g/mol. The van der Waals surface area contributed by atoms with Crippen LogP contribution in [0.25, 0.3) is 10.8 Å². The van der Waals surface area contributed by atoms with Crippen molar-refractivity contribution in [2.24, 2.45) is 7.05 Å². The quantitative estimate of drug-likeness (QED) is 0.740. The number of sulfonamides is 1. The molecular formula is C15H12ClN3O4S. The molecule has 7 nitrogen and oxygen atoms in total. The lowest BCUT2D eigenvalue weighted by Crippen LogP contribution is -2.16. The Hall–Kier alpha value is -2.58. The van der Waals surface area contributed by atoms with Crippen molar-refractivity contribution < 1.29 is 18.3 Å². The first-order valence-corrected chi connectivity index (χ1v) is 8.61. The molecule has 0 radical (unpaired) electrons. The van der Waals surface area contributed by atoms with E-state index < -0.39 is 16.0 Å². The number of benzene rings is 2. The minimum Gasteiger partial charge on any atom is -0.478 e. The number of hydrogen-bond donors (Lipinski definition) is 2. The van der Waals surface area contributed by atoms with Gasteiger partial charge in [-0.25, -0.2) is 9.78 Å². The molecule has 0 atom stereocenters. The standard InChI is InChI=1S/C15H12ClN3O4S/c1-19-8-17-14(13(19)16)24(22,23)18-12-7-10-5-3-2-4-9(10)6-11(12)15(20)21/h2-8,18H,1H3,(H,20,21). The Kier molecular flexibility index (Phi) is 3.94. The van der Waals surface area contributed by atoms with E-state index in [1.807, 2.05) is 0 Å². The minimum atomic E-state index is -4.13. The van der Waals surface area contributed by atoms with E-state index in [2.05, 4.69) is 9.71 Å². The highest BCUT2D eigenvalue weighted by molar-refractivity contribution is 7.92. The number of rotatable bonds is 4. The van der Waals surface area contributed by atoms with Gasteiger partial charge in [-0.15, -0.1) is 0 Å². The maximum atomic E-state index is 12.5. The first-order valence-electron chi connectivity index (χ1n) is 6.75. The van der Waals surface area contributed by atoms with Crippen LogP contribution in [0.4, 0.5) is 5.69 Å². The molecule has 0 fully saturated rings. The number of anilines is 1. The number of aromatic nitrogens is 2. The molecule has 3 rings (SSSR count). The Bertz CT molecular complexity index is 1060. The molecule has 2 aromatic carbocycles. The summed E-state index contributed by atoms with van der Waals surface area (Å²) >= 11 is 5.92. The van der Waals surface area contributed by atoms with Crippen LogP contribution in [-0.2, 0) is 17.1 Å². The number of fused-ring (bicyclic) bond motifs is 1. The van der Waals surface area contributed by atoms with Gasteiger partial charge in [-0.2, -0.15) is 8.42 Å². The Labute approximate surface area is 142 Å². The number of nitrogens with zero attached hydrogens (tertiary/aromatic N) is 2. The van der Waals surface area contributed by atoms with Crippen molar-refractivity contribution in [3.05, 3.63) is 53.4 Å². The van der Waals surface area contributed by atoms with E-state index in [1.54, 1.807) is 31.3 Å². The largest absolute Gasteiger partial charge is 0.478 e. The van der Waals surface area contributed by atoms with Gasteiger partial charge in [0.15, 0.2) is 0 Å². The van der Waals surface area contributed by atoms with Crippen LogP contribution in [0.2, 0.25) is 5.15 Å². The first-order chi connectivity index (χ1) is 11.3. The van der Waals surface area contributed by atoms with Gasteiger partial charge in [-0.3, -0.25) is 4.72 Å². The summed E-state index contributed by atoms with van der Waals surface area (Å²) in [5.74, 6) is -1.24. The number of carboxylic acids is 1. The number of carbonyl (C=O) groups is 1. The summed E-state index contributed by atoms with van der Waals surface area (Å²) in [5, 5.41) is 10.3. The summed E-state index contributed by atoms with van der Waals surface area (Å²) < 4.78 is 28.6. The summed E-state index contributed by atoms with van der Waals surface area (Å²) in [6, 6.07) is 9.92. The summed E-state index contributed by atoms with van der Waals surface area (Å²) in [6.45, 7) is 0. The van der Waals surface area contributed by atoms with Crippen molar-refractivity contribution in [1.82, 2.24) is 9.55 Å². The van der Waals surface area contributed by atoms with E-state index in [-0.39, 0.29) is 21.4 Å². The summed E-state index contributed by atoms with van der Waals surface area (Å²) in [7, 11) is -2.58. The highest BCUT2D eigenvalue weighted by atomic mass is 35.5. The third-order valence-electron chi connectivity index (χ3n) is 3.45. The molecule has 24 heavy (non-hydrogen) atoms. The summed E-state index contributed by atoms with van der Waals surface area (Å²) in [4.78, 5) is 15.2. The zero-order chi connectivity index (χ0) is 17.5. The average Bonchev–Trinajstić information content (AvgIpc) is 2.86. The van der Waals surface area contributed by atoms with Crippen molar-refractivity contribution in [2.75, 3.05) is 4.72 Å². The molecule has 124 valence electrons. The summed E-state index contributed by atoms with van der Waals surface area (Å²) in [6.07, 6.45) is 1.26. The lowest BCUT2D eigenvalue weighted by atomic mass is 10.1. The highest BCUT2D eigenvalue weighted by Crippen LogP contribution is 2.28. The van der Waals surface area contributed by atoms with Crippen molar-refractivity contribution >= 4 is 44.1 Å². The van der Waals surface area contributed by atoms with Gasteiger partial charge in [-0.1, -0.05) is 35.9 Å². The number of aromatic carboxylic acids is 1. The van der Waals surface area contributed by atoms with Crippen LogP contribution in [0, 0.1) is 0 Å². The van der Waals surface area contributed by atoms with E-state index in [0.29, 0.717) is 10.8 Å². The maximum Gasteiger partial charge on any atom is 0.337 e. The minimum absolute atomic E-state index is 0.0529. The number of nitrogens with one attached hydrogen (secondary N) is 1. The lowest BCUT2D eigenvalue weighted by Gasteiger charge is -2.11. The number of aryl methyl sites for hydroxylation is 1. The van der Waals surface area contributed by atoms with Gasteiger partial charge in [0.2, 0.25) is 5.03 Å². The third-order valence-corrected chi connectivity index (χ3v) is 5.30. The molecule has 0 spiro atoms. The molecule has 9 heteroatoms. The number of hydrogen-bond acceptors (Lipinski definition) is 4. The molecule has 0 saturated heterocycles. The van der Waals surface area contributed by atoms with Gasteiger partial charge < -0.3 is 9.67 Å². The first kappa shape index (κ1) is 16.3. The molecule has 0 aliphatic heterocycles. The van der Waals surface area contributed by atoms with Gasteiger partial charge in [-0.05, 0) is 22.9 Å². The van der Waals surface area contributed by atoms with E-state index in [0.717, 1.165) is 0 Å². The van der Waals surface area contributed by atoms with Gasteiger partial charge >= 0.3 is 5.97 Å². The fourth-order valence-electron chi connectivity index (χ4n) is 2.27. The van der Waals surface area contributed by atoms with Crippen LogP contribution in [-0.4, -0.2) is 29.0 Å². The molecular weight excluding hydrogens is 354 g/mol. The van der Waals surface area contributed by atoms with Crippen LogP contribution in [0.3, 0.4) is 0 Å². The predicted molar refractivity (Wildman–Crippen MR) is 89.9 cm³/mol. The molecule has 1 aromatic heterocycles. The SMILES string of the molecule is Cn1cnc(S(=O)(=O)Nc2cc3ccccc3cc2C(=O)O)c1Cl. The molecule has 0 saturated carbocycles. The van der Waals surface area contributed by atoms with Crippen LogP contribution in [0.5, 0.6) is 0 Å². The lowest BCUT2D eigenvalue weighted by molar-refractivity contribution is 0.0698. The Morgan fingerprint density at radius 3 is 2.42 bits per heavy atom. The zero-order valence-electron chi connectivity index (χ0n) is 12.4. The second-order valence-corrected chi connectivity index (χ2v) is 7.06. The molecule has 0 amide bonds. The monoisotopic (exact) mass is 365 g/mol. The fourth-order valence-corrected chi connectivity index (χ4v) is 3.77. The number of imidazole rings is 1. The zero-order valence-corrected chi connectivity index (χ0v) is 14.0. The number of halogens is 1. The topological polar surface area (TPSA) is 101 Å². The van der Waals surface area contributed by atoms with Gasteiger partial charge in [0, 0.05) is 7.05 Å². The highest BCUT2D eigenvalue weighted by Gasteiger charge is 2.24. The van der Waals surface area contributed by atoms with Crippen LogP contribution in [0.1, 0.15) is 10.4 Å². The van der Waals surface area contributed by atoms with Crippen molar-refractivity contribution in [3.8, 4) is 0 Å². The van der Waals surface area contributed by atoms with Crippen molar-refractivity contribution in [3.63, 3.8) is 0 Å². The molecule has 0 aliphatic carbocycles. The van der Waals surface area contributed by atoms with Crippen LogP contribution in [0.15, 0.2) is 47.8 Å². The van der Waals surface area contributed by atoms with Crippen LogP contribution < -0.4 is 4.72 Å². The number of carboxylic acid groups (broad SMARTS) is 1. The fraction of sp³-hybridized carbons (Fsp3) is 0.0667. The van der Waals surface area contributed by atoms with E-state index in [4.69, 9.17) is 11.6 Å². The van der Waals surface area contributed by atoms with Crippen molar-refractivity contribution in [2.45, 2.75) is 5.03 Å². The smallest absolute Gasteiger partial charge is 0.337 e. The molecule has 2 N–H and O–H groups in total. The summed E-state index contributed by atoms with van der Waals surface area (Å²) in [5.41, 5.74) is -0.216. The molecule has 0 bridgehead atoms. The van der Waals surface area contributed by atoms with Gasteiger partial charge in [0.25, 0.3) is 10.0 Å². The Morgan fingerprint density at radius 1 is 1.25 bits per heavy atom. The molecule has 0 aliphatic rings. The maximum absolute atomic E-state index is 12.5. The second-order valence-electron chi connectivity index (χ2n) is 5.11. The Balaban J connectivity index is 2.13. The van der Waals surface area contributed by atoms with E-state index >= 15 is 0 Å². The second kappa shape index (κ2) is 5.81. The van der Waals surface area contributed by atoms with E-state index in [1.165, 1.54) is 23.0 Å². The molecule has 1 heterocycles. The van der Waals surface area contributed by atoms with Crippen LogP contribution >= 0.6 is 11.6 Å². The van der Waals surface area contributed by atoms with Crippen molar-refractivity contribution in [1.29, 1.82) is 0 Å². The normalized spacial score (nSPS) is 11.6. The van der Waals surface area contributed by atoms with E-state index in [9.17, 15) is 18.3 Å². The van der Waals surface area contributed by atoms with Gasteiger partial charge in [0.05, 0.1) is 17.6 Å². The molecule has 0 unspecified atom stereocenters. The van der Waals surface area contributed by atoms with Gasteiger partial charge in [0.1, 0.15) is 5.15 Å². The Morgan fingerprint density at radius 2 is 1.88 bits per heavy atom. The predicted octanol–water partition coefficient (Wildman–Crippen LogP) is 2.73. The molecule has 3 aromatic rings.